The van der Waals surface area contributed by atoms with Crippen LogP contribution in [0.1, 0.15) is 82.0 Å². The normalized spacial score (nSPS) is 13.1. The second-order valence-electron chi connectivity index (χ2n) is 29.3. The van der Waals surface area contributed by atoms with Gasteiger partial charge in [-0.25, -0.2) is 0 Å². The summed E-state index contributed by atoms with van der Waals surface area (Å²) in [5.74, 6) is 1.77. The Bertz CT molecular complexity index is 5380. The molecule has 4 aliphatic heterocycles. The Morgan fingerprint density at radius 3 is 1.02 bits per heavy atom. The first-order valence-corrected chi connectivity index (χ1v) is 34.9. The van der Waals surface area contributed by atoms with Crippen LogP contribution in [0.2, 0.25) is 0 Å². The Morgan fingerprint density at radius 1 is 0.255 bits per heavy atom. The van der Waals surface area contributed by atoms with Crippen LogP contribution in [0.25, 0.3) is 55.6 Å². The Kier molecular flexibility index (Phi) is 14.2. The number of rotatable bonds is 8. The van der Waals surface area contributed by atoms with E-state index in [9.17, 15) is 0 Å². The molecule has 474 valence electrons. The van der Waals surface area contributed by atoms with Crippen LogP contribution < -0.4 is 52.2 Å². The van der Waals surface area contributed by atoms with Crippen LogP contribution in [0.3, 0.4) is 0 Å². The Labute approximate surface area is 579 Å². The molecule has 4 nitrogen and oxygen atoms in total. The Hall–Kier alpha value is -10.8. The molecule has 0 amide bonds. The van der Waals surface area contributed by atoms with Crippen molar-refractivity contribution in [1.29, 1.82) is 0 Å². The molecule has 13 aromatic rings. The van der Waals surface area contributed by atoms with Crippen molar-refractivity contribution in [2.45, 2.75) is 95.4 Å². The van der Waals surface area contributed by atoms with E-state index in [-0.39, 0.29) is 18.8 Å². The topological polar surface area (TPSA) is 19.0 Å². The minimum Gasteiger partial charge on any atom is -0.458 e. The van der Waals surface area contributed by atoms with Gasteiger partial charge >= 0.3 is 0 Å². The largest absolute Gasteiger partial charge is 0.458 e. The lowest BCUT2D eigenvalue weighted by Gasteiger charge is -2.46. The minimum absolute atomic E-state index is 0.205. The van der Waals surface area contributed by atoms with Gasteiger partial charge in [0.2, 0.25) is 0 Å². The van der Waals surface area contributed by atoms with Crippen molar-refractivity contribution in [1.82, 2.24) is 0 Å². The highest BCUT2D eigenvalue weighted by molar-refractivity contribution is 7.02. The fourth-order valence-electron chi connectivity index (χ4n) is 17.4. The van der Waals surface area contributed by atoms with E-state index in [1.807, 2.05) is 0 Å². The maximum absolute atomic E-state index is 7.83. The van der Waals surface area contributed by atoms with Crippen molar-refractivity contribution in [3.05, 3.63) is 304 Å². The van der Waals surface area contributed by atoms with Gasteiger partial charge in [0.25, 0.3) is 13.4 Å². The van der Waals surface area contributed by atoms with Crippen LogP contribution in [-0.2, 0) is 5.41 Å². The monoisotopic (exact) mass is 1260 g/mol. The van der Waals surface area contributed by atoms with Crippen molar-refractivity contribution < 1.29 is 4.74 Å². The molecule has 0 saturated carbocycles. The molecule has 0 aromatic heterocycles. The molecule has 4 heterocycles. The second-order valence-corrected chi connectivity index (χ2v) is 29.3. The lowest BCUT2D eigenvalue weighted by Crippen LogP contribution is -2.64. The number of fused-ring (bicyclic) bond motifs is 8. The maximum atomic E-state index is 7.83. The van der Waals surface area contributed by atoms with E-state index in [0.717, 1.165) is 62.5 Å². The highest BCUT2D eigenvalue weighted by Gasteiger charge is 2.48. The summed E-state index contributed by atoms with van der Waals surface area (Å²) in [7, 11) is 0. The SMILES string of the molecule is Cc1cccc(C)c1-c1ccc(N2c3ccc(-c4c(C)cccc4C)cc3B3c4cc5c(cc4Oc4cc(C(C)(C)C)cc2c43)N(c2ccccc2)c2cc(-c3c(C)cccc3C)cc3c2B5c2cc(-c4c(C)cccc4C)ccc2N3c2ccc(-c3c(C)cccc3C)cc2)cc1. The highest BCUT2D eigenvalue weighted by Crippen LogP contribution is 2.51. The molecule has 0 aliphatic carbocycles. The molecule has 13 aromatic carbocycles. The summed E-state index contributed by atoms with van der Waals surface area (Å²) in [6.45, 7) is 29.1. The van der Waals surface area contributed by atoms with Crippen LogP contribution in [0.5, 0.6) is 11.5 Å². The van der Waals surface area contributed by atoms with E-state index < -0.39 is 0 Å². The van der Waals surface area contributed by atoms with Gasteiger partial charge < -0.3 is 19.4 Å². The first-order chi connectivity index (χ1) is 47.4. The first-order valence-electron chi connectivity index (χ1n) is 34.9. The maximum Gasteiger partial charge on any atom is 0.256 e. The Morgan fingerprint density at radius 2 is 0.602 bits per heavy atom. The van der Waals surface area contributed by atoms with Gasteiger partial charge in [0.1, 0.15) is 11.5 Å². The zero-order valence-electron chi connectivity index (χ0n) is 58.5. The van der Waals surface area contributed by atoms with Gasteiger partial charge in [-0.1, -0.05) is 185 Å². The minimum atomic E-state index is -0.211. The van der Waals surface area contributed by atoms with E-state index in [0.29, 0.717) is 0 Å². The van der Waals surface area contributed by atoms with Gasteiger partial charge in [-0.2, -0.15) is 0 Å². The number of benzene rings is 13. The number of hydrogen-bond acceptors (Lipinski definition) is 4. The smallest absolute Gasteiger partial charge is 0.256 e. The molecule has 0 spiro atoms. The van der Waals surface area contributed by atoms with Gasteiger partial charge in [-0.15, -0.1) is 0 Å². The molecule has 0 N–H and O–H groups in total. The number of nitrogens with zero attached hydrogens (tertiary/aromatic N) is 3. The summed E-state index contributed by atoms with van der Waals surface area (Å²) in [6.07, 6.45) is 0. The van der Waals surface area contributed by atoms with E-state index in [4.69, 9.17) is 4.74 Å². The van der Waals surface area contributed by atoms with E-state index in [2.05, 4.69) is 347 Å². The van der Waals surface area contributed by atoms with E-state index >= 15 is 0 Å². The lowest BCUT2D eigenvalue weighted by molar-refractivity contribution is 0.483. The third-order valence-corrected chi connectivity index (χ3v) is 21.9. The van der Waals surface area contributed by atoms with Gasteiger partial charge in [0.15, 0.2) is 0 Å². The standard InChI is InChI=1S/C92H79B2N3O/c1-54-22-17-23-55(2)85(54)64-34-40-71(41-35-64)95-77-44-38-66(87-58(5)26-19-27-59(87)6)46-73(77)93-75-52-76-83(53-79(75)97(70-32-15-14-16-33-70)81-49-68(48-80(95)90(81)93)89-62(9)30-21-31-63(89)10)98-84-51-69(92(11,12)13)50-82-91(84)94(76)74-47-67(88-60(7)28-20-29-61(88)8)39-45-78(74)96(82)72-42-36-65(37-43-72)86-56(3)24-18-25-57(86)4/h14-53H,1-13H3. The molecule has 0 bridgehead atoms. The van der Waals surface area contributed by atoms with E-state index in [1.54, 1.807) is 0 Å². The van der Waals surface area contributed by atoms with Crippen molar-refractivity contribution in [3.8, 4) is 67.1 Å². The van der Waals surface area contributed by atoms with Crippen LogP contribution in [0.4, 0.5) is 51.2 Å². The number of hydrogen-bond donors (Lipinski definition) is 0. The molecule has 0 radical (unpaired) electrons. The summed E-state index contributed by atoms with van der Waals surface area (Å²) in [5.41, 5.74) is 43.6. The highest BCUT2D eigenvalue weighted by atomic mass is 16.5. The summed E-state index contributed by atoms with van der Waals surface area (Å²) in [6, 6.07) is 92.8. The summed E-state index contributed by atoms with van der Waals surface area (Å²) >= 11 is 0. The molecule has 0 atom stereocenters. The molecule has 0 unspecified atom stereocenters. The number of ether oxygens (including phenoxy) is 1. The molecule has 0 fully saturated rings. The molecule has 0 saturated heterocycles. The van der Waals surface area contributed by atoms with Gasteiger partial charge in [0.05, 0.1) is 0 Å². The third-order valence-electron chi connectivity index (χ3n) is 21.9. The third kappa shape index (κ3) is 9.57. The van der Waals surface area contributed by atoms with Crippen molar-refractivity contribution >= 4 is 97.4 Å². The van der Waals surface area contributed by atoms with Gasteiger partial charge in [0, 0.05) is 57.3 Å². The fraction of sp³-hybridized carbons (Fsp3) is 0.152. The van der Waals surface area contributed by atoms with Crippen molar-refractivity contribution in [2.24, 2.45) is 0 Å². The fourth-order valence-corrected chi connectivity index (χ4v) is 17.4. The van der Waals surface area contributed by atoms with Crippen LogP contribution in [-0.4, -0.2) is 13.4 Å². The predicted octanol–water partition coefficient (Wildman–Crippen LogP) is 20.9. The van der Waals surface area contributed by atoms with Crippen molar-refractivity contribution in [3.63, 3.8) is 0 Å². The quantitative estimate of drug-likeness (QED) is 0.141. The number of anilines is 9. The average Bonchev–Trinajstić information content (AvgIpc) is 0.689. The summed E-state index contributed by atoms with van der Waals surface area (Å²) in [4.78, 5) is 7.70. The Balaban J connectivity index is 0.963. The molecular weight excluding hydrogens is 1180 g/mol. The van der Waals surface area contributed by atoms with Crippen LogP contribution in [0.15, 0.2) is 243 Å². The molecule has 17 rings (SSSR count). The summed E-state index contributed by atoms with van der Waals surface area (Å²) in [5, 5.41) is 0. The van der Waals surface area contributed by atoms with Crippen molar-refractivity contribution in [2.75, 3.05) is 14.7 Å². The lowest BCUT2D eigenvalue weighted by atomic mass is 9.30. The van der Waals surface area contributed by atoms with Gasteiger partial charge in [-0.3, -0.25) is 0 Å². The van der Waals surface area contributed by atoms with Crippen LogP contribution >= 0.6 is 0 Å². The first kappa shape index (κ1) is 60.8. The second kappa shape index (κ2) is 22.9. The molecule has 98 heavy (non-hydrogen) atoms. The zero-order valence-corrected chi connectivity index (χ0v) is 58.5. The molecule has 6 heteroatoms. The van der Waals surface area contributed by atoms with Gasteiger partial charge in [-0.05, 0) is 297 Å². The number of aryl methyl sites for hydroxylation is 10. The number of para-hydroxylation sites is 1. The average molecular weight is 1260 g/mol. The molecule has 4 aliphatic rings. The molecular formula is C92H79B2N3O. The summed E-state index contributed by atoms with van der Waals surface area (Å²) < 4.78 is 7.83. The van der Waals surface area contributed by atoms with E-state index in [1.165, 1.54) is 150 Å². The van der Waals surface area contributed by atoms with Crippen LogP contribution in [0, 0.1) is 69.2 Å². The zero-order chi connectivity index (χ0) is 67.3. The predicted molar refractivity (Wildman–Crippen MR) is 420 cm³/mol.